The normalized spacial score (nSPS) is 23.5. The topological polar surface area (TPSA) is 67.6 Å². The van der Waals surface area contributed by atoms with Gasteiger partial charge < -0.3 is 15.8 Å². The number of benzene rings is 1. The fourth-order valence-corrected chi connectivity index (χ4v) is 2.57. The van der Waals surface area contributed by atoms with Crippen LogP contribution in [0.3, 0.4) is 0 Å². The molecule has 3 N–H and O–H groups in total. The van der Waals surface area contributed by atoms with Gasteiger partial charge in [0.25, 0.3) is 0 Å². The van der Waals surface area contributed by atoms with Crippen molar-refractivity contribution in [1.29, 1.82) is 0 Å². The van der Waals surface area contributed by atoms with Crippen molar-refractivity contribution in [1.82, 2.24) is 4.90 Å². The molecule has 0 aliphatic carbocycles. The Balaban J connectivity index is 1.77. The summed E-state index contributed by atoms with van der Waals surface area (Å²) in [4.78, 5) is 14.2. The van der Waals surface area contributed by atoms with Gasteiger partial charge in [0.1, 0.15) is 0 Å². The highest BCUT2D eigenvalue weighted by atomic mass is 16.5. The van der Waals surface area contributed by atoms with Gasteiger partial charge in [-0.05, 0) is 32.0 Å². The molecule has 0 spiro atoms. The second-order valence-electron chi connectivity index (χ2n) is 5.44. The standard InChI is InChI=1S/C15H23N3O2/c1-11-9-18(10-12(2)20-11)7-6-15(19)17-14-5-3-4-13(16)8-14/h3-5,8,11-12H,6-7,9-10,16H2,1-2H3,(H,17,19)/t11-,12+. The number of nitrogens with one attached hydrogen (secondary N) is 1. The Morgan fingerprint density at radius 2 is 2.10 bits per heavy atom. The monoisotopic (exact) mass is 277 g/mol. The molecule has 0 unspecified atom stereocenters. The number of hydrogen-bond acceptors (Lipinski definition) is 4. The molecule has 1 aromatic carbocycles. The van der Waals surface area contributed by atoms with Crippen LogP contribution in [0.2, 0.25) is 0 Å². The van der Waals surface area contributed by atoms with Gasteiger partial charge in [-0.15, -0.1) is 0 Å². The molecule has 110 valence electrons. The summed E-state index contributed by atoms with van der Waals surface area (Å²) in [5.41, 5.74) is 7.08. The van der Waals surface area contributed by atoms with E-state index in [4.69, 9.17) is 10.5 Å². The highest BCUT2D eigenvalue weighted by Crippen LogP contribution is 2.13. The van der Waals surface area contributed by atoms with E-state index in [1.54, 1.807) is 12.1 Å². The summed E-state index contributed by atoms with van der Waals surface area (Å²) in [5.74, 6) is 0.0161. The predicted octanol–water partition coefficient (Wildman–Crippen LogP) is 1.71. The number of nitrogens with two attached hydrogens (primary N) is 1. The predicted molar refractivity (Wildman–Crippen MR) is 80.6 cm³/mol. The van der Waals surface area contributed by atoms with Crippen molar-refractivity contribution in [2.75, 3.05) is 30.7 Å². The average Bonchev–Trinajstić information content (AvgIpc) is 2.35. The van der Waals surface area contributed by atoms with Crippen molar-refractivity contribution in [3.05, 3.63) is 24.3 Å². The molecule has 1 aromatic rings. The van der Waals surface area contributed by atoms with Crippen LogP contribution in [0.15, 0.2) is 24.3 Å². The number of carbonyl (C=O) groups excluding carboxylic acids is 1. The number of anilines is 2. The van der Waals surface area contributed by atoms with Crippen molar-refractivity contribution in [2.24, 2.45) is 0 Å². The van der Waals surface area contributed by atoms with Crippen LogP contribution in [-0.2, 0) is 9.53 Å². The van der Waals surface area contributed by atoms with Crippen LogP contribution in [0, 0.1) is 0 Å². The van der Waals surface area contributed by atoms with E-state index in [0.29, 0.717) is 12.1 Å². The molecule has 0 radical (unpaired) electrons. The van der Waals surface area contributed by atoms with Crippen molar-refractivity contribution in [2.45, 2.75) is 32.5 Å². The number of morpholine rings is 1. The van der Waals surface area contributed by atoms with Gasteiger partial charge in [-0.1, -0.05) is 6.07 Å². The van der Waals surface area contributed by atoms with Crippen molar-refractivity contribution in [3.63, 3.8) is 0 Å². The number of nitrogen functional groups attached to an aromatic ring is 1. The van der Waals surface area contributed by atoms with Gasteiger partial charge >= 0.3 is 0 Å². The second-order valence-corrected chi connectivity index (χ2v) is 5.44. The lowest BCUT2D eigenvalue weighted by molar-refractivity contribution is -0.117. The summed E-state index contributed by atoms with van der Waals surface area (Å²) in [6.07, 6.45) is 0.945. The van der Waals surface area contributed by atoms with Gasteiger partial charge in [-0.25, -0.2) is 0 Å². The third kappa shape index (κ3) is 4.51. The SMILES string of the molecule is C[C@@H]1CN(CCC(=O)Nc2cccc(N)c2)C[C@H](C)O1. The third-order valence-electron chi connectivity index (χ3n) is 3.32. The van der Waals surface area contributed by atoms with E-state index in [1.807, 2.05) is 12.1 Å². The van der Waals surface area contributed by atoms with Gasteiger partial charge in [0.15, 0.2) is 0 Å². The van der Waals surface area contributed by atoms with Crippen molar-refractivity contribution < 1.29 is 9.53 Å². The maximum atomic E-state index is 11.9. The minimum Gasteiger partial charge on any atom is -0.399 e. The first kappa shape index (κ1) is 14.8. The van der Waals surface area contributed by atoms with Crippen LogP contribution >= 0.6 is 0 Å². The first-order valence-electron chi connectivity index (χ1n) is 7.06. The largest absolute Gasteiger partial charge is 0.399 e. The van der Waals surface area contributed by atoms with Crippen LogP contribution in [0.1, 0.15) is 20.3 Å². The third-order valence-corrected chi connectivity index (χ3v) is 3.32. The smallest absolute Gasteiger partial charge is 0.225 e. The lowest BCUT2D eigenvalue weighted by Gasteiger charge is -2.35. The molecular weight excluding hydrogens is 254 g/mol. The first-order chi connectivity index (χ1) is 9.52. The molecule has 0 aromatic heterocycles. The van der Waals surface area contributed by atoms with Crippen LogP contribution in [0.4, 0.5) is 11.4 Å². The molecule has 1 fully saturated rings. The molecule has 5 heteroatoms. The zero-order valence-electron chi connectivity index (χ0n) is 12.1. The Morgan fingerprint density at radius 1 is 1.40 bits per heavy atom. The van der Waals surface area contributed by atoms with E-state index >= 15 is 0 Å². The van der Waals surface area contributed by atoms with Gasteiger partial charge in [-0.3, -0.25) is 9.69 Å². The summed E-state index contributed by atoms with van der Waals surface area (Å²) in [7, 11) is 0. The van der Waals surface area contributed by atoms with Gasteiger partial charge in [-0.2, -0.15) is 0 Å². The number of nitrogens with zero attached hydrogens (tertiary/aromatic N) is 1. The number of amides is 1. The Kier molecular flexibility index (Phi) is 4.98. The Bertz CT molecular complexity index is 454. The lowest BCUT2D eigenvalue weighted by Crippen LogP contribution is -2.46. The maximum absolute atomic E-state index is 11.9. The van der Waals surface area contributed by atoms with E-state index in [2.05, 4.69) is 24.1 Å². The molecule has 0 bridgehead atoms. The number of carbonyl (C=O) groups is 1. The zero-order chi connectivity index (χ0) is 14.5. The highest BCUT2D eigenvalue weighted by molar-refractivity contribution is 5.91. The first-order valence-corrected chi connectivity index (χ1v) is 7.06. The molecule has 5 nitrogen and oxygen atoms in total. The molecule has 1 amide bonds. The Hall–Kier alpha value is -1.59. The summed E-state index contributed by atoms with van der Waals surface area (Å²) in [5, 5.41) is 2.87. The summed E-state index contributed by atoms with van der Waals surface area (Å²) in [6.45, 7) is 6.66. The van der Waals surface area contributed by atoms with E-state index in [1.165, 1.54) is 0 Å². The molecule has 1 heterocycles. The Morgan fingerprint density at radius 3 is 2.75 bits per heavy atom. The summed E-state index contributed by atoms with van der Waals surface area (Å²) in [6, 6.07) is 7.23. The molecular formula is C15H23N3O2. The van der Waals surface area contributed by atoms with Crippen molar-refractivity contribution in [3.8, 4) is 0 Å². The number of hydrogen-bond donors (Lipinski definition) is 2. The quantitative estimate of drug-likeness (QED) is 0.822. The van der Waals surface area contributed by atoms with Gasteiger partial charge in [0.05, 0.1) is 12.2 Å². The molecule has 20 heavy (non-hydrogen) atoms. The summed E-state index contributed by atoms with van der Waals surface area (Å²) >= 11 is 0. The van der Waals surface area contributed by atoms with Crippen LogP contribution < -0.4 is 11.1 Å². The van der Waals surface area contributed by atoms with Gasteiger partial charge in [0.2, 0.25) is 5.91 Å². The fourth-order valence-electron chi connectivity index (χ4n) is 2.57. The highest BCUT2D eigenvalue weighted by Gasteiger charge is 2.22. The second kappa shape index (κ2) is 6.72. The molecule has 0 saturated carbocycles. The van der Waals surface area contributed by atoms with E-state index in [9.17, 15) is 4.79 Å². The minimum atomic E-state index is 0.0161. The lowest BCUT2D eigenvalue weighted by atomic mass is 10.2. The zero-order valence-corrected chi connectivity index (χ0v) is 12.1. The molecule has 2 atom stereocenters. The van der Waals surface area contributed by atoms with Gasteiger partial charge in [0, 0.05) is 37.4 Å². The Labute approximate surface area is 120 Å². The molecule has 1 aliphatic rings. The fraction of sp³-hybridized carbons (Fsp3) is 0.533. The van der Waals surface area contributed by atoms with Crippen LogP contribution in [-0.4, -0.2) is 42.6 Å². The maximum Gasteiger partial charge on any atom is 0.225 e. The summed E-state index contributed by atoms with van der Waals surface area (Å²) < 4.78 is 5.68. The number of rotatable bonds is 4. The molecule has 1 aliphatic heterocycles. The number of ether oxygens (including phenoxy) is 1. The minimum absolute atomic E-state index is 0.0161. The molecule has 1 saturated heterocycles. The average molecular weight is 277 g/mol. The van der Waals surface area contributed by atoms with Crippen molar-refractivity contribution >= 4 is 17.3 Å². The van der Waals surface area contributed by atoms with Crippen LogP contribution in [0.5, 0.6) is 0 Å². The van der Waals surface area contributed by atoms with E-state index < -0.39 is 0 Å². The van der Waals surface area contributed by atoms with Crippen LogP contribution in [0.25, 0.3) is 0 Å². The molecule has 2 rings (SSSR count). The van der Waals surface area contributed by atoms with E-state index in [0.717, 1.165) is 25.3 Å². The van der Waals surface area contributed by atoms with E-state index in [-0.39, 0.29) is 18.1 Å².